The maximum Gasteiger partial charge on any atom is 0.178 e. The van der Waals surface area contributed by atoms with Gasteiger partial charge in [0.15, 0.2) is 9.84 Å². The van der Waals surface area contributed by atoms with Gasteiger partial charge in [0.1, 0.15) is 0 Å². The number of rotatable bonds is 1. The Labute approximate surface area is 113 Å². The standard InChI is InChI=1S/C14H18O4S/c15-14(11-5-8-18-9-6-11)7-10-19(16,17)13-4-2-1-3-12(13)14/h1-4,11,15H,5-10H2. The molecule has 1 N–H and O–H groups in total. The zero-order valence-electron chi connectivity index (χ0n) is 10.7. The number of sulfone groups is 1. The molecule has 0 bridgehead atoms. The minimum atomic E-state index is -3.24. The molecule has 0 spiro atoms. The molecule has 0 aliphatic carbocycles. The van der Waals surface area contributed by atoms with Crippen LogP contribution in [-0.4, -0.2) is 32.5 Å². The van der Waals surface area contributed by atoms with Crippen LogP contribution in [0.2, 0.25) is 0 Å². The van der Waals surface area contributed by atoms with Gasteiger partial charge in [0, 0.05) is 18.8 Å². The van der Waals surface area contributed by atoms with Crippen LogP contribution < -0.4 is 0 Å². The second-order valence-electron chi connectivity index (χ2n) is 5.38. The maximum absolute atomic E-state index is 12.1. The molecule has 0 radical (unpaired) electrons. The zero-order chi connectivity index (χ0) is 13.5. The molecule has 19 heavy (non-hydrogen) atoms. The van der Waals surface area contributed by atoms with Crippen LogP contribution in [0.4, 0.5) is 0 Å². The first-order valence-electron chi connectivity index (χ1n) is 6.66. The lowest BCUT2D eigenvalue weighted by molar-refractivity contribution is -0.0756. The smallest absolute Gasteiger partial charge is 0.178 e. The molecule has 3 rings (SSSR count). The fourth-order valence-electron chi connectivity index (χ4n) is 3.23. The van der Waals surface area contributed by atoms with Gasteiger partial charge < -0.3 is 9.84 Å². The molecule has 2 aliphatic heterocycles. The first-order chi connectivity index (χ1) is 9.04. The summed E-state index contributed by atoms with van der Waals surface area (Å²) >= 11 is 0. The van der Waals surface area contributed by atoms with Crippen LogP contribution in [0.15, 0.2) is 29.2 Å². The van der Waals surface area contributed by atoms with E-state index in [1.54, 1.807) is 24.3 Å². The highest BCUT2D eigenvalue weighted by molar-refractivity contribution is 7.91. The van der Waals surface area contributed by atoms with Crippen molar-refractivity contribution in [2.24, 2.45) is 5.92 Å². The van der Waals surface area contributed by atoms with Gasteiger partial charge in [0.05, 0.1) is 16.2 Å². The Kier molecular flexibility index (Phi) is 3.15. The van der Waals surface area contributed by atoms with E-state index in [4.69, 9.17) is 4.74 Å². The topological polar surface area (TPSA) is 63.6 Å². The molecule has 0 aromatic heterocycles. The summed E-state index contributed by atoms with van der Waals surface area (Å²) < 4.78 is 29.6. The van der Waals surface area contributed by atoms with E-state index in [0.717, 1.165) is 12.8 Å². The summed E-state index contributed by atoms with van der Waals surface area (Å²) in [5.41, 5.74) is -0.445. The minimum absolute atomic E-state index is 0.0257. The number of hydrogen-bond acceptors (Lipinski definition) is 4. The van der Waals surface area contributed by atoms with Gasteiger partial charge >= 0.3 is 0 Å². The molecule has 0 amide bonds. The average Bonchev–Trinajstić information content (AvgIpc) is 2.45. The quantitative estimate of drug-likeness (QED) is 0.847. The third-order valence-electron chi connectivity index (χ3n) is 4.34. The molecule has 2 aliphatic rings. The molecule has 104 valence electrons. The molecule has 1 unspecified atom stereocenters. The van der Waals surface area contributed by atoms with Crippen molar-refractivity contribution in [2.75, 3.05) is 19.0 Å². The SMILES string of the molecule is O=S1(=O)CCC(O)(C2CCOCC2)c2ccccc21. The number of ether oxygens (including phenoxy) is 1. The summed E-state index contributed by atoms with van der Waals surface area (Å²) in [4.78, 5) is 0.301. The summed E-state index contributed by atoms with van der Waals surface area (Å²) in [6.07, 6.45) is 1.85. The van der Waals surface area contributed by atoms with Crippen molar-refractivity contribution in [3.8, 4) is 0 Å². The predicted octanol–water partition coefficient (Wildman–Crippen LogP) is 1.48. The van der Waals surface area contributed by atoms with Gasteiger partial charge in [-0.15, -0.1) is 0 Å². The van der Waals surface area contributed by atoms with Gasteiger partial charge in [-0.1, -0.05) is 18.2 Å². The van der Waals surface area contributed by atoms with Crippen LogP contribution in [0.1, 0.15) is 24.8 Å². The highest BCUT2D eigenvalue weighted by Gasteiger charge is 2.45. The van der Waals surface area contributed by atoms with Crippen LogP contribution >= 0.6 is 0 Å². The molecule has 4 nitrogen and oxygen atoms in total. The summed E-state index contributed by atoms with van der Waals surface area (Å²) in [7, 11) is -3.24. The molecule has 2 heterocycles. The third kappa shape index (κ3) is 2.10. The Morgan fingerprint density at radius 2 is 1.89 bits per heavy atom. The highest BCUT2D eigenvalue weighted by Crippen LogP contribution is 2.45. The van der Waals surface area contributed by atoms with Crippen molar-refractivity contribution < 1.29 is 18.3 Å². The monoisotopic (exact) mass is 282 g/mol. The van der Waals surface area contributed by atoms with Crippen molar-refractivity contribution in [2.45, 2.75) is 29.8 Å². The fraction of sp³-hybridized carbons (Fsp3) is 0.571. The van der Waals surface area contributed by atoms with Crippen molar-refractivity contribution in [3.63, 3.8) is 0 Å². The molecule has 1 atom stereocenters. The molecule has 5 heteroatoms. The summed E-state index contributed by atoms with van der Waals surface area (Å²) in [5, 5.41) is 11.1. The normalized spacial score (nSPS) is 30.8. The molecular formula is C14H18O4S. The highest BCUT2D eigenvalue weighted by atomic mass is 32.2. The van der Waals surface area contributed by atoms with Gasteiger partial charge in [-0.2, -0.15) is 0 Å². The van der Waals surface area contributed by atoms with Crippen molar-refractivity contribution in [1.29, 1.82) is 0 Å². The first-order valence-corrected chi connectivity index (χ1v) is 8.32. The largest absolute Gasteiger partial charge is 0.385 e. The summed E-state index contributed by atoms with van der Waals surface area (Å²) in [6.45, 7) is 1.28. The second kappa shape index (κ2) is 4.58. The van der Waals surface area contributed by atoms with Gasteiger partial charge in [-0.25, -0.2) is 8.42 Å². The lowest BCUT2D eigenvalue weighted by Gasteiger charge is -2.42. The first kappa shape index (κ1) is 13.1. The van der Waals surface area contributed by atoms with Crippen LogP contribution in [0, 0.1) is 5.92 Å². The minimum Gasteiger partial charge on any atom is -0.385 e. The Balaban J connectivity index is 2.08. The van der Waals surface area contributed by atoms with Crippen molar-refractivity contribution >= 4 is 9.84 Å². The maximum atomic E-state index is 12.1. The van der Waals surface area contributed by atoms with Gasteiger partial charge in [0.25, 0.3) is 0 Å². The number of aliphatic hydroxyl groups is 1. The predicted molar refractivity (Wildman–Crippen MR) is 70.6 cm³/mol. The molecular weight excluding hydrogens is 264 g/mol. The van der Waals surface area contributed by atoms with E-state index in [0.29, 0.717) is 23.7 Å². The Morgan fingerprint density at radius 3 is 2.63 bits per heavy atom. The van der Waals surface area contributed by atoms with E-state index < -0.39 is 15.4 Å². The van der Waals surface area contributed by atoms with E-state index in [1.165, 1.54) is 0 Å². The van der Waals surface area contributed by atoms with E-state index >= 15 is 0 Å². The third-order valence-corrected chi connectivity index (χ3v) is 6.10. The Morgan fingerprint density at radius 1 is 1.21 bits per heavy atom. The molecule has 1 aromatic rings. The molecule has 0 saturated carbocycles. The van der Waals surface area contributed by atoms with Crippen LogP contribution in [0.25, 0.3) is 0 Å². The second-order valence-corrected chi connectivity index (χ2v) is 7.45. The average molecular weight is 282 g/mol. The van der Waals surface area contributed by atoms with E-state index in [2.05, 4.69) is 0 Å². The number of fused-ring (bicyclic) bond motifs is 1. The van der Waals surface area contributed by atoms with Gasteiger partial charge in [0.2, 0.25) is 0 Å². The number of benzene rings is 1. The van der Waals surface area contributed by atoms with Gasteiger partial charge in [-0.05, 0) is 31.2 Å². The van der Waals surface area contributed by atoms with E-state index in [1.807, 2.05) is 0 Å². The summed E-state index contributed by atoms with van der Waals surface area (Å²) in [5.74, 6) is 0.107. The van der Waals surface area contributed by atoms with Crippen LogP contribution in [-0.2, 0) is 20.2 Å². The van der Waals surface area contributed by atoms with Crippen LogP contribution in [0.5, 0.6) is 0 Å². The van der Waals surface area contributed by atoms with Crippen molar-refractivity contribution in [1.82, 2.24) is 0 Å². The van der Waals surface area contributed by atoms with Gasteiger partial charge in [-0.3, -0.25) is 0 Å². The fourth-order valence-corrected chi connectivity index (χ4v) is 4.89. The Hall–Kier alpha value is -0.910. The molecule has 1 aromatic carbocycles. The molecule has 1 fully saturated rings. The summed E-state index contributed by atoms with van der Waals surface area (Å²) in [6, 6.07) is 6.87. The Bertz CT molecular complexity index is 575. The molecule has 1 saturated heterocycles. The zero-order valence-corrected chi connectivity index (χ0v) is 11.5. The van der Waals surface area contributed by atoms with Crippen LogP contribution in [0.3, 0.4) is 0 Å². The number of hydrogen-bond donors (Lipinski definition) is 1. The van der Waals surface area contributed by atoms with E-state index in [9.17, 15) is 13.5 Å². The lowest BCUT2D eigenvalue weighted by atomic mass is 9.75. The van der Waals surface area contributed by atoms with E-state index in [-0.39, 0.29) is 18.1 Å². The lowest BCUT2D eigenvalue weighted by Crippen LogP contribution is -2.43. The van der Waals surface area contributed by atoms with Crippen molar-refractivity contribution in [3.05, 3.63) is 29.8 Å².